The summed E-state index contributed by atoms with van der Waals surface area (Å²) in [6.45, 7) is 0. The van der Waals surface area contributed by atoms with E-state index in [9.17, 15) is 4.79 Å². The lowest BCUT2D eigenvalue weighted by atomic mass is 9.88. The number of halogens is 3. The average molecular weight is 590 g/mol. The van der Waals surface area contributed by atoms with E-state index in [4.69, 9.17) is 21.0 Å². The van der Waals surface area contributed by atoms with Crippen molar-refractivity contribution < 1.29 is 4.42 Å². The molecular weight excluding hydrogens is 570 g/mol. The lowest BCUT2D eigenvalue weighted by Crippen LogP contribution is -2.25. The lowest BCUT2D eigenvalue weighted by molar-refractivity contribution is 0.416. The van der Waals surface area contributed by atoms with E-state index < -0.39 is 0 Å². The van der Waals surface area contributed by atoms with Gasteiger partial charge in [0.2, 0.25) is 0 Å². The molecule has 0 spiro atoms. The van der Waals surface area contributed by atoms with E-state index in [-0.39, 0.29) is 11.5 Å². The van der Waals surface area contributed by atoms with Crippen LogP contribution in [-0.2, 0) is 0 Å². The summed E-state index contributed by atoms with van der Waals surface area (Å²) < 4.78 is 9.06. The average Bonchev–Trinajstić information content (AvgIpc) is 3.30. The topological polar surface area (TPSA) is 60.4 Å². The van der Waals surface area contributed by atoms with Gasteiger partial charge in [0.1, 0.15) is 17.3 Å². The molecule has 0 bridgehead atoms. The normalized spacial score (nSPS) is 15.0. The molecule has 8 heteroatoms. The zero-order chi connectivity index (χ0) is 22.9. The molecule has 5 nitrogen and oxygen atoms in total. The maximum absolute atomic E-state index is 13.4. The van der Waals surface area contributed by atoms with Crippen molar-refractivity contribution >= 4 is 60.6 Å². The number of nitrogens with zero attached hydrogens (tertiary/aromatic N) is 3. The van der Waals surface area contributed by atoms with E-state index in [1.165, 1.54) is 11.1 Å². The second-order valence-electron chi connectivity index (χ2n) is 8.16. The Balaban J connectivity index is 1.55. The van der Waals surface area contributed by atoms with Crippen LogP contribution >= 0.6 is 43.5 Å². The van der Waals surface area contributed by atoms with E-state index >= 15 is 0 Å². The van der Waals surface area contributed by atoms with E-state index in [1.54, 1.807) is 12.3 Å². The standard InChI is InChI=1S/C25H20Br2ClN3O2/c26-17-7-10-22-19(13-17)25(32)31(24(30-22)15-4-2-1-3-5-15)29-14-18-8-11-23(33-18)16-6-9-20(27)21(28)12-16/h6-15H,1-5H2. The summed E-state index contributed by atoms with van der Waals surface area (Å²) in [5.74, 6) is 2.15. The Kier molecular flexibility index (Phi) is 6.54. The molecule has 1 aliphatic rings. The molecule has 0 amide bonds. The van der Waals surface area contributed by atoms with Crippen molar-refractivity contribution in [2.75, 3.05) is 0 Å². The smallest absolute Gasteiger partial charge is 0.282 e. The Morgan fingerprint density at radius 2 is 1.88 bits per heavy atom. The van der Waals surface area contributed by atoms with Crippen LogP contribution in [0, 0.1) is 0 Å². The van der Waals surface area contributed by atoms with Gasteiger partial charge >= 0.3 is 0 Å². The number of furan rings is 1. The van der Waals surface area contributed by atoms with Crippen LogP contribution in [0.1, 0.15) is 49.6 Å². The minimum absolute atomic E-state index is 0.176. The first-order valence-electron chi connectivity index (χ1n) is 10.8. The van der Waals surface area contributed by atoms with Gasteiger partial charge in [-0.15, -0.1) is 0 Å². The molecule has 1 fully saturated rings. The second kappa shape index (κ2) is 9.57. The van der Waals surface area contributed by atoms with Gasteiger partial charge < -0.3 is 4.42 Å². The first-order chi connectivity index (χ1) is 16.0. The van der Waals surface area contributed by atoms with Crippen LogP contribution in [0.5, 0.6) is 0 Å². The predicted molar refractivity (Wildman–Crippen MR) is 139 cm³/mol. The Hall–Kier alpha value is -2.22. The fraction of sp³-hybridized carbons (Fsp3) is 0.240. The van der Waals surface area contributed by atoms with Crippen LogP contribution in [0.3, 0.4) is 0 Å². The highest BCUT2D eigenvalue weighted by Gasteiger charge is 2.22. The van der Waals surface area contributed by atoms with Crippen molar-refractivity contribution in [1.29, 1.82) is 0 Å². The van der Waals surface area contributed by atoms with Crippen molar-refractivity contribution in [1.82, 2.24) is 9.66 Å². The number of aromatic nitrogens is 2. The minimum Gasteiger partial charge on any atom is -0.455 e. The van der Waals surface area contributed by atoms with Gasteiger partial charge in [0.05, 0.1) is 22.1 Å². The zero-order valence-electron chi connectivity index (χ0n) is 17.6. The quantitative estimate of drug-likeness (QED) is 0.229. The molecule has 168 valence electrons. The molecule has 0 saturated heterocycles. The summed E-state index contributed by atoms with van der Waals surface area (Å²) >= 11 is 13.1. The third kappa shape index (κ3) is 4.72. The first-order valence-corrected chi connectivity index (χ1v) is 12.8. The summed E-state index contributed by atoms with van der Waals surface area (Å²) in [4.78, 5) is 18.3. The maximum Gasteiger partial charge on any atom is 0.282 e. The summed E-state index contributed by atoms with van der Waals surface area (Å²) in [6, 6.07) is 14.9. The molecule has 0 radical (unpaired) electrons. The van der Waals surface area contributed by atoms with Gasteiger partial charge in [-0.2, -0.15) is 9.78 Å². The highest BCUT2D eigenvalue weighted by Crippen LogP contribution is 2.32. The third-order valence-corrected chi connectivity index (χ3v) is 7.66. The third-order valence-electron chi connectivity index (χ3n) is 5.94. The molecule has 2 aromatic carbocycles. The fourth-order valence-corrected chi connectivity index (χ4v) is 5.03. The summed E-state index contributed by atoms with van der Waals surface area (Å²) in [5, 5.41) is 5.68. The Morgan fingerprint density at radius 3 is 2.67 bits per heavy atom. The second-order valence-corrected chi connectivity index (χ2v) is 10.3. The van der Waals surface area contributed by atoms with Crippen LogP contribution in [0.4, 0.5) is 0 Å². The van der Waals surface area contributed by atoms with Gasteiger partial charge in [0, 0.05) is 20.4 Å². The van der Waals surface area contributed by atoms with Crippen LogP contribution in [0.25, 0.3) is 22.2 Å². The van der Waals surface area contributed by atoms with Gasteiger partial charge in [-0.1, -0.05) is 52.9 Å². The molecule has 5 rings (SSSR count). The first kappa shape index (κ1) is 22.6. The Morgan fingerprint density at radius 1 is 1.06 bits per heavy atom. The van der Waals surface area contributed by atoms with Gasteiger partial charge in [-0.05, 0) is 71.2 Å². The van der Waals surface area contributed by atoms with Crippen molar-refractivity contribution in [2.45, 2.75) is 38.0 Å². The number of hydrogen-bond acceptors (Lipinski definition) is 4. The van der Waals surface area contributed by atoms with Crippen molar-refractivity contribution in [2.24, 2.45) is 5.10 Å². The van der Waals surface area contributed by atoms with Crippen LogP contribution in [0.2, 0.25) is 5.02 Å². The Bertz CT molecular complexity index is 1420. The molecular formula is C25H20Br2ClN3O2. The van der Waals surface area contributed by atoms with Gasteiger partial charge in [-0.3, -0.25) is 4.79 Å². The molecule has 2 heterocycles. The largest absolute Gasteiger partial charge is 0.455 e. The van der Waals surface area contributed by atoms with E-state index in [2.05, 4.69) is 37.0 Å². The minimum atomic E-state index is -0.176. The van der Waals surface area contributed by atoms with Crippen LogP contribution in [0.15, 0.2) is 71.8 Å². The van der Waals surface area contributed by atoms with Crippen LogP contribution < -0.4 is 5.56 Å². The maximum atomic E-state index is 13.4. The molecule has 1 saturated carbocycles. The van der Waals surface area contributed by atoms with E-state index in [0.717, 1.165) is 46.0 Å². The highest BCUT2D eigenvalue weighted by atomic mass is 79.9. The predicted octanol–water partition coefficient (Wildman–Crippen LogP) is 7.76. The molecule has 0 N–H and O–H groups in total. The van der Waals surface area contributed by atoms with Crippen molar-refractivity contribution in [3.05, 3.63) is 84.4 Å². The molecule has 2 aromatic heterocycles. The number of benzene rings is 2. The molecule has 33 heavy (non-hydrogen) atoms. The van der Waals surface area contributed by atoms with Crippen molar-refractivity contribution in [3.63, 3.8) is 0 Å². The SMILES string of the molecule is O=c1c2cc(Br)ccc2nc(C2CCCCC2)n1N=Cc1ccc(-c2ccc(Br)c(Cl)c2)o1. The van der Waals surface area contributed by atoms with Gasteiger partial charge in [0.25, 0.3) is 5.56 Å². The van der Waals surface area contributed by atoms with E-state index in [1.807, 2.05) is 42.5 Å². The lowest BCUT2D eigenvalue weighted by Gasteiger charge is -2.22. The summed E-state index contributed by atoms with van der Waals surface area (Å²) in [7, 11) is 0. The highest BCUT2D eigenvalue weighted by molar-refractivity contribution is 9.10. The Labute approximate surface area is 212 Å². The van der Waals surface area contributed by atoms with Crippen molar-refractivity contribution in [3.8, 4) is 11.3 Å². The monoisotopic (exact) mass is 587 g/mol. The number of rotatable bonds is 4. The molecule has 0 unspecified atom stereocenters. The fourth-order valence-electron chi connectivity index (χ4n) is 4.24. The molecule has 0 aliphatic heterocycles. The summed E-state index contributed by atoms with van der Waals surface area (Å²) in [5.41, 5.74) is 1.38. The van der Waals surface area contributed by atoms with Gasteiger partial charge in [-0.25, -0.2) is 4.98 Å². The molecule has 4 aromatic rings. The number of fused-ring (bicyclic) bond motifs is 1. The molecule has 1 aliphatic carbocycles. The molecule has 0 atom stereocenters. The van der Waals surface area contributed by atoms with Gasteiger partial charge in [0.15, 0.2) is 0 Å². The van der Waals surface area contributed by atoms with Crippen LogP contribution in [-0.4, -0.2) is 15.9 Å². The van der Waals surface area contributed by atoms with E-state index in [0.29, 0.717) is 27.4 Å². The zero-order valence-corrected chi connectivity index (χ0v) is 21.5. The summed E-state index contributed by atoms with van der Waals surface area (Å²) in [6.07, 6.45) is 7.10. The number of hydrogen-bond donors (Lipinski definition) is 0.